The van der Waals surface area contributed by atoms with Gasteiger partial charge in [0.25, 0.3) is 0 Å². The Morgan fingerprint density at radius 3 is 2.22 bits per heavy atom. The zero-order chi connectivity index (χ0) is 17.5. The number of hydrogen-bond donors (Lipinski definition) is 1. The lowest BCUT2D eigenvalue weighted by Crippen LogP contribution is -2.59. The molecule has 0 heterocycles. The second-order valence-electron chi connectivity index (χ2n) is 6.07. The summed E-state index contributed by atoms with van der Waals surface area (Å²) >= 11 is 0. The van der Waals surface area contributed by atoms with E-state index in [9.17, 15) is 9.59 Å². The number of alkyl carbamates (subject to hydrolysis) is 1. The van der Waals surface area contributed by atoms with Gasteiger partial charge in [-0.15, -0.1) is 0 Å². The molecule has 0 unspecified atom stereocenters. The molecule has 1 aromatic rings. The molecule has 0 aliphatic heterocycles. The van der Waals surface area contributed by atoms with Gasteiger partial charge in [-0.3, -0.25) is 5.32 Å². The summed E-state index contributed by atoms with van der Waals surface area (Å²) in [5, 5.41) is 2.50. The summed E-state index contributed by atoms with van der Waals surface area (Å²) in [6.45, 7) is 7.19. The SMILES string of the molecule is CC[C@@](NC(=O)OCc1ccccc1)(OC(C)(C)C)C(=O)OC. The molecule has 1 amide bonds. The van der Waals surface area contributed by atoms with Gasteiger partial charge in [0.2, 0.25) is 5.72 Å². The molecular weight excluding hydrogens is 298 g/mol. The predicted octanol–water partition coefficient (Wildman–Crippen LogP) is 3.01. The normalized spacial score (nSPS) is 13.8. The standard InChI is InChI=1S/C17H25NO5/c1-6-17(14(19)21-5,23-16(2,3)4)18-15(20)22-12-13-10-8-7-9-11-13/h7-11H,6,12H2,1-5H3,(H,18,20)/t17-/m1/s1. The Morgan fingerprint density at radius 1 is 1.13 bits per heavy atom. The molecule has 6 heteroatoms. The number of ether oxygens (including phenoxy) is 3. The lowest BCUT2D eigenvalue weighted by Gasteiger charge is -2.36. The van der Waals surface area contributed by atoms with Crippen molar-refractivity contribution < 1.29 is 23.8 Å². The maximum atomic E-state index is 12.1. The first-order valence-corrected chi connectivity index (χ1v) is 7.50. The highest BCUT2D eigenvalue weighted by atomic mass is 16.6. The number of carbonyl (C=O) groups is 2. The summed E-state index contributed by atoms with van der Waals surface area (Å²) in [5.41, 5.74) is -1.39. The Hall–Kier alpha value is -2.08. The van der Waals surface area contributed by atoms with Crippen molar-refractivity contribution in [1.29, 1.82) is 0 Å². The number of esters is 1. The van der Waals surface area contributed by atoms with Crippen LogP contribution in [0.5, 0.6) is 0 Å². The van der Waals surface area contributed by atoms with Gasteiger partial charge in [-0.25, -0.2) is 9.59 Å². The summed E-state index contributed by atoms with van der Waals surface area (Å²) in [4.78, 5) is 24.2. The molecule has 1 N–H and O–H groups in total. The van der Waals surface area contributed by atoms with Crippen LogP contribution in [-0.4, -0.2) is 30.5 Å². The largest absolute Gasteiger partial charge is 0.465 e. The molecule has 128 valence electrons. The third kappa shape index (κ3) is 5.90. The molecule has 0 aromatic heterocycles. The van der Waals surface area contributed by atoms with Crippen LogP contribution in [0.3, 0.4) is 0 Å². The lowest BCUT2D eigenvalue weighted by atomic mass is 10.1. The van der Waals surface area contributed by atoms with Crippen LogP contribution >= 0.6 is 0 Å². The molecule has 23 heavy (non-hydrogen) atoms. The molecule has 1 aromatic carbocycles. The van der Waals surface area contributed by atoms with Crippen LogP contribution in [0.15, 0.2) is 30.3 Å². The Labute approximate surface area is 137 Å². The average molecular weight is 323 g/mol. The van der Waals surface area contributed by atoms with Crippen LogP contribution in [-0.2, 0) is 25.6 Å². The number of amides is 1. The van der Waals surface area contributed by atoms with Crippen molar-refractivity contribution in [3.05, 3.63) is 35.9 Å². The van der Waals surface area contributed by atoms with Crippen molar-refractivity contribution in [2.45, 2.75) is 52.0 Å². The Kier molecular flexibility index (Phi) is 6.57. The second-order valence-corrected chi connectivity index (χ2v) is 6.07. The van der Waals surface area contributed by atoms with Crippen molar-refractivity contribution in [2.75, 3.05) is 7.11 Å². The quantitative estimate of drug-likeness (QED) is 0.643. The van der Waals surface area contributed by atoms with E-state index in [1.807, 2.05) is 30.3 Å². The minimum atomic E-state index is -1.58. The van der Waals surface area contributed by atoms with Crippen molar-refractivity contribution in [1.82, 2.24) is 5.32 Å². The zero-order valence-corrected chi connectivity index (χ0v) is 14.3. The number of methoxy groups -OCH3 is 1. The van der Waals surface area contributed by atoms with Gasteiger partial charge < -0.3 is 14.2 Å². The highest BCUT2D eigenvalue weighted by Gasteiger charge is 2.44. The van der Waals surface area contributed by atoms with Crippen LogP contribution < -0.4 is 5.32 Å². The minimum Gasteiger partial charge on any atom is -0.465 e. The third-order valence-electron chi connectivity index (χ3n) is 3.01. The molecule has 1 rings (SSSR count). The first-order chi connectivity index (χ1) is 10.7. The van der Waals surface area contributed by atoms with Gasteiger partial charge in [0.05, 0.1) is 12.7 Å². The van der Waals surface area contributed by atoms with E-state index in [0.29, 0.717) is 0 Å². The fourth-order valence-corrected chi connectivity index (χ4v) is 2.03. The summed E-state index contributed by atoms with van der Waals surface area (Å²) in [5.74, 6) is -0.674. The monoisotopic (exact) mass is 323 g/mol. The van der Waals surface area contributed by atoms with Crippen LogP contribution in [0, 0.1) is 0 Å². The van der Waals surface area contributed by atoms with Gasteiger partial charge in [0, 0.05) is 6.42 Å². The van der Waals surface area contributed by atoms with Crippen molar-refractivity contribution in [3.63, 3.8) is 0 Å². The van der Waals surface area contributed by atoms with E-state index in [1.165, 1.54) is 7.11 Å². The number of rotatable bonds is 6. The van der Waals surface area contributed by atoms with Crippen LogP contribution in [0.4, 0.5) is 4.79 Å². The van der Waals surface area contributed by atoms with E-state index in [0.717, 1.165) is 5.56 Å². The van der Waals surface area contributed by atoms with E-state index >= 15 is 0 Å². The van der Waals surface area contributed by atoms with Crippen LogP contribution in [0.25, 0.3) is 0 Å². The molecule has 0 spiro atoms. The Bertz CT molecular complexity index is 524. The number of hydrogen-bond acceptors (Lipinski definition) is 5. The molecule has 0 saturated heterocycles. The van der Waals surface area contributed by atoms with E-state index < -0.39 is 23.4 Å². The summed E-state index contributed by atoms with van der Waals surface area (Å²) in [6, 6.07) is 9.26. The van der Waals surface area contributed by atoms with Crippen molar-refractivity contribution >= 4 is 12.1 Å². The van der Waals surface area contributed by atoms with Gasteiger partial charge in [-0.1, -0.05) is 37.3 Å². The van der Waals surface area contributed by atoms with Gasteiger partial charge >= 0.3 is 12.1 Å². The molecule has 0 bridgehead atoms. The summed E-state index contributed by atoms with van der Waals surface area (Å²) < 4.78 is 15.7. The van der Waals surface area contributed by atoms with E-state index in [-0.39, 0.29) is 13.0 Å². The van der Waals surface area contributed by atoms with Gasteiger partial charge in [-0.05, 0) is 26.3 Å². The maximum Gasteiger partial charge on any atom is 0.410 e. The first kappa shape index (κ1) is 19.0. The van der Waals surface area contributed by atoms with Gasteiger partial charge in [0.15, 0.2) is 0 Å². The molecular formula is C17H25NO5. The highest BCUT2D eigenvalue weighted by molar-refractivity contribution is 5.84. The maximum absolute atomic E-state index is 12.1. The molecule has 0 aliphatic carbocycles. The molecule has 0 saturated carbocycles. The third-order valence-corrected chi connectivity index (χ3v) is 3.01. The van der Waals surface area contributed by atoms with E-state index in [1.54, 1.807) is 27.7 Å². The number of nitrogens with one attached hydrogen (secondary N) is 1. The molecule has 6 nitrogen and oxygen atoms in total. The Morgan fingerprint density at radius 2 is 1.74 bits per heavy atom. The molecule has 0 fully saturated rings. The zero-order valence-electron chi connectivity index (χ0n) is 14.3. The van der Waals surface area contributed by atoms with Crippen molar-refractivity contribution in [3.8, 4) is 0 Å². The molecule has 0 aliphatic rings. The summed E-state index contributed by atoms with van der Waals surface area (Å²) in [6.07, 6.45) is -0.539. The predicted molar refractivity (Wildman–Crippen MR) is 85.6 cm³/mol. The number of benzene rings is 1. The fraction of sp³-hybridized carbons (Fsp3) is 0.529. The van der Waals surface area contributed by atoms with Gasteiger partial charge in [-0.2, -0.15) is 0 Å². The fourth-order valence-electron chi connectivity index (χ4n) is 2.03. The number of carbonyl (C=O) groups excluding carboxylic acids is 2. The molecule has 0 radical (unpaired) electrons. The highest BCUT2D eigenvalue weighted by Crippen LogP contribution is 2.23. The van der Waals surface area contributed by atoms with Crippen LogP contribution in [0.2, 0.25) is 0 Å². The van der Waals surface area contributed by atoms with Crippen LogP contribution in [0.1, 0.15) is 39.7 Å². The Balaban J connectivity index is 2.79. The second kappa shape index (κ2) is 7.97. The molecule has 1 atom stereocenters. The van der Waals surface area contributed by atoms with Gasteiger partial charge in [0.1, 0.15) is 6.61 Å². The average Bonchev–Trinajstić information content (AvgIpc) is 2.51. The smallest absolute Gasteiger partial charge is 0.410 e. The van der Waals surface area contributed by atoms with E-state index in [2.05, 4.69) is 5.32 Å². The summed E-state index contributed by atoms with van der Waals surface area (Å²) in [7, 11) is 1.25. The minimum absolute atomic E-state index is 0.100. The van der Waals surface area contributed by atoms with Crippen molar-refractivity contribution in [2.24, 2.45) is 0 Å². The lowest BCUT2D eigenvalue weighted by molar-refractivity contribution is -0.194. The van der Waals surface area contributed by atoms with E-state index in [4.69, 9.17) is 14.2 Å². The topological polar surface area (TPSA) is 73.9 Å². The first-order valence-electron chi connectivity index (χ1n) is 7.50.